The minimum absolute atomic E-state index is 0.0315. The summed E-state index contributed by atoms with van der Waals surface area (Å²) in [5.41, 5.74) is -0.109. The maximum Gasteiger partial charge on any atom is 0.358 e. The number of aromatic nitrogens is 1. The number of thiazole rings is 1. The minimum Gasteiger partial charge on any atom is -0.448 e. The number of amides is 1. The molecule has 1 aromatic carbocycles. The van der Waals surface area contributed by atoms with Gasteiger partial charge in [0.15, 0.2) is 11.8 Å². The minimum atomic E-state index is -1.15. The monoisotopic (exact) mass is 403 g/mol. The lowest BCUT2D eigenvalue weighted by molar-refractivity contribution is -0.383. The normalized spacial score (nSPS) is 11.6. The number of thiophene rings is 1. The maximum atomic E-state index is 12.2. The number of carbonyl (C=O) groups excluding carboxylic acids is 2. The van der Waals surface area contributed by atoms with E-state index >= 15 is 0 Å². The summed E-state index contributed by atoms with van der Waals surface area (Å²) in [7, 11) is 0. The van der Waals surface area contributed by atoms with Gasteiger partial charge in [0, 0.05) is 11.4 Å². The predicted octanol–water partition coefficient (Wildman–Crippen LogP) is 3.96. The molecule has 1 unspecified atom stereocenters. The molecular formula is C17H13N3O5S2. The second kappa shape index (κ2) is 8.06. The quantitative estimate of drug-likeness (QED) is 0.379. The number of nitrogens with zero attached hydrogens (tertiary/aromatic N) is 2. The molecule has 0 radical (unpaired) electrons. The third-order valence-electron chi connectivity index (χ3n) is 3.46. The highest BCUT2D eigenvalue weighted by Gasteiger charge is 2.23. The highest BCUT2D eigenvalue weighted by atomic mass is 32.1. The number of hydrogen-bond acceptors (Lipinski definition) is 8. The van der Waals surface area contributed by atoms with Crippen LogP contribution >= 0.6 is 22.7 Å². The van der Waals surface area contributed by atoms with Crippen LogP contribution in [0.15, 0.2) is 47.2 Å². The van der Waals surface area contributed by atoms with Gasteiger partial charge in [0.25, 0.3) is 11.6 Å². The van der Waals surface area contributed by atoms with E-state index < -0.39 is 22.9 Å². The van der Waals surface area contributed by atoms with E-state index in [1.165, 1.54) is 47.8 Å². The van der Waals surface area contributed by atoms with Gasteiger partial charge in [-0.05, 0) is 24.4 Å². The topological polar surface area (TPSA) is 111 Å². The first kappa shape index (κ1) is 18.7. The molecule has 0 aliphatic heterocycles. The summed E-state index contributed by atoms with van der Waals surface area (Å²) >= 11 is 2.80. The van der Waals surface area contributed by atoms with Crippen molar-refractivity contribution in [2.75, 3.05) is 5.32 Å². The zero-order valence-electron chi connectivity index (χ0n) is 13.9. The van der Waals surface area contributed by atoms with E-state index in [0.717, 1.165) is 4.88 Å². The van der Waals surface area contributed by atoms with E-state index in [1.807, 2.05) is 17.5 Å². The molecule has 2 aromatic heterocycles. The fraction of sp³-hybridized carbons (Fsp3) is 0.118. The Kier molecular flexibility index (Phi) is 5.57. The van der Waals surface area contributed by atoms with E-state index in [2.05, 4.69) is 10.3 Å². The molecule has 138 valence electrons. The van der Waals surface area contributed by atoms with Crippen LogP contribution in [0.5, 0.6) is 0 Å². The number of carbonyl (C=O) groups is 2. The number of benzene rings is 1. The van der Waals surface area contributed by atoms with Crippen LogP contribution in [0.2, 0.25) is 0 Å². The van der Waals surface area contributed by atoms with Crippen molar-refractivity contribution in [1.29, 1.82) is 0 Å². The molecule has 1 N–H and O–H groups in total. The fourth-order valence-electron chi connectivity index (χ4n) is 2.13. The van der Waals surface area contributed by atoms with Gasteiger partial charge in [0.1, 0.15) is 10.7 Å². The van der Waals surface area contributed by atoms with Crippen LogP contribution < -0.4 is 5.32 Å². The third-order valence-corrected chi connectivity index (χ3v) is 5.34. The van der Waals surface area contributed by atoms with Gasteiger partial charge >= 0.3 is 5.97 Å². The summed E-state index contributed by atoms with van der Waals surface area (Å²) in [4.78, 5) is 40.0. The molecule has 3 aromatic rings. The Morgan fingerprint density at radius 3 is 2.70 bits per heavy atom. The highest BCUT2D eigenvalue weighted by molar-refractivity contribution is 7.20. The molecule has 8 nitrogen and oxygen atoms in total. The largest absolute Gasteiger partial charge is 0.448 e. The van der Waals surface area contributed by atoms with Crippen molar-refractivity contribution in [2.24, 2.45) is 0 Å². The van der Waals surface area contributed by atoms with Crippen molar-refractivity contribution in [3.8, 4) is 9.88 Å². The lowest BCUT2D eigenvalue weighted by atomic mass is 10.2. The first-order valence-electron chi connectivity index (χ1n) is 7.70. The fourth-order valence-corrected chi connectivity index (χ4v) is 3.73. The Morgan fingerprint density at radius 2 is 2.00 bits per heavy atom. The van der Waals surface area contributed by atoms with Crippen LogP contribution in [-0.4, -0.2) is 27.9 Å². The van der Waals surface area contributed by atoms with Crippen molar-refractivity contribution in [3.63, 3.8) is 0 Å². The number of nitro benzene ring substituents is 1. The highest BCUT2D eigenvalue weighted by Crippen LogP contribution is 2.28. The van der Waals surface area contributed by atoms with Crippen LogP contribution in [0, 0.1) is 10.1 Å². The number of para-hydroxylation sites is 2. The maximum absolute atomic E-state index is 12.2. The molecule has 2 heterocycles. The van der Waals surface area contributed by atoms with Gasteiger partial charge in [-0.1, -0.05) is 18.2 Å². The summed E-state index contributed by atoms with van der Waals surface area (Å²) in [6.07, 6.45) is -1.15. The van der Waals surface area contributed by atoms with Gasteiger partial charge in [0.2, 0.25) is 0 Å². The van der Waals surface area contributed by atoms with E-state index in [9.17, 15) is 19.7 Å². The Hall–Kier alpha value is -3.11. The number of ether oxygens (including phenoxy) is 1. The second-order valence-electron chi connectivity index (χ2n) is 5.33. The van der Waals surface area contributed by atoms with E-state index in [4.69, 9.17) is 4.74 Å². The van der Waals surface area contributed by atoms with Crippen LogP contribution in [-0.2, 0) is 9.53 Å². The van der Waals surface area contributed by atoms with Crippen LogP contribution in [0.4, 0.5) is 11.4 Å². The van der Waals surface area contributed by atoms with E-state index in [-0.39, 0.29) is 17.1 Å². The van der Waals surface area contributed by atoms with Crippen molar-refractivity contribution in [3.05, 3.63) is 63.0 Å². The molecule has 0 saturated carbocycles. The first-order chi connectivity index (χ1) is 13.0. The molecule has 0 aliphatic rings. The van der Waals surface area contributed by atoms with Crippen LogP contribution in [0.25, 0.3) is 9.88 Å². The van der Waals surface area contributed by atoms with Crippen LogP contribution in [0.1, 0.15) is 17.4 Å². The zero-order chi connectivity index (χ0) is 19.4. The van der Waals surface area contributed by atoms with Gasteiger partial charge in [-0.2, -0.15) is 0 Å². The molecule has 0 bridgehead atoms. The van der Waals surface area contributed by atoms with Crippen LogP contribution in [0.3, 0.4) is 0 Å². The number of esters is 1. The summed E-state index contributed by atoms with van der Waals surface area (Å²) in [5.74, 6) is -1.41. The zero-order valence-corrected chi connectivity index (χ0v) is 15.6. The number of rotatable bonds is 6. The van der Waals surface area contributed by atoms with Crippen molar-refractivity contribution in [2.45, 2.75) is 13.0 Å². The SMILES string of the molecule is CC(OC(=O)c1csc(-c2cccs2)n1)C(=O)Nc1ccccc1[N+](=O)[O-]. The Morgan fingerprint density at radius 1 is 1.22 bits per heavy atom. The summed E-state index contributed by atoms with van der Waals surface area (Å²) in [5, 5.41) is 17.6. The third kappa shape index (κ3) is 4.36. The summed E-state index contributed by atoms with van der Waals surface area (Å²) in [6, 6.07) is 9.49. The standard InChI is InChI=1S/C17H13N3O5S2/c1-10(15(21)18-11-5-2-3-6-13(11)20(23)24)25-17(22)12-9-27-16(19-12)14-7-4-8-26-14/h2-10H,1H3,(H,18,21). The van der Waals surface area contributed by atoms with Crippen molar-refractivity contribution in [1.82, 2.24) is 4.98 Å². The molecule has 27 heavy (non-hydrogen) atoms. The first-order valence-corrected chi connectivity index (χ1v) is 9.46. The number of anilines is 1. The molecule has 0 aliphatic carbocycles. The number of nitro groups is 1. The molecule has 0 fully saturated rings. The number of nitrogens with one attached hydrogen (secondary N) is 1. The summed E-state index contributed by atoms with van der Waals surface area (Å²) < 4.78 is 5.13. The van der Waals surface area contributed by atoms with E-state index in [0.29, 0.717) is 5.01 Å². The average molecular weight is 403 g/mol. The van der Waals surface area contributed by atoms with Gasteiger partial charge in [-0.25, -0.2) is 9.78 Å². The molecule has 0 spiro atoms. The van der Waals surface area contributed by atoms with E-state index in [1.54, 1.807) is 11.4 Å². The molecule has 0 saturated heterocycles. The molecule has 1 atom stereocenters. The van der Waals surface area contributed by atoms with Gasteiger partial charge < -0.3 is 10.1 Å². The lowest BCUT2D eigenvalue weighted by Crippen LogP contribution is -2.30. The lowest BCUT2D eigenvalue weighted by Gasteiger charge is -2.12. The Bertz CT molecular complexity index is 984. The second-order valence-corrected chi connectivity index (χ2v) is 7.13. The number of hydrogen-bond donors (Lipinski definition) is 1. The molecule has 3 rings (SSSR count). The molecule has 1 amide bonds. The van der Waals surface area contributed by atoms with Crippen molar-refractivity contribution < 1.29 is 19.2 Å². The molecular weight excluding hydrogens is 390 g/mol. The Balaban J connectivity index is 1.65. The van der Waals surface area contributed by atoms with Crippen molar-refractivity contribution >= 4 is 45.9 Å². The van der Waals surface area contributed by atoms with Gasteiger partial charge in [-0.3, -0.25) is 14.9 Å². The van der Waals surface area contributed by atoms with Gasteiger partial charge in [-0.15, -0.1) is 22.7 Å². The smallest absolute Gasteiger partial charge is 0.358 e. The Labute approximate surface area is 161 Å². The summed E-state index contributed by atoms with van der Waals surface area (Å²) in [6.45, 7) is 1.38. The molecule has 10 heteroatoms. The predicted molar refractivity (Wildman–Crippen MR) is 102 cm³/mol. The average Bonchev–Trinajstić information content (AvgIpc) is 3.33. The van der Waals surface area contributed by atoms with Gasteiger partial charge in [0.05, 0.1) is 9.80 Å².